The summed E-state index contributed by atoms with van der Waals surface area (Å²) >= 11 is 0. The monoisotopic (exact) mass is 345 g/mol. The highest BCUT2D eigenvalue weighted by molar-refractivity contribution is 6.39. The average molecular weight is 345 g/mol. The molecule has 1 aliphatic heterocycles. The van der Waals surface area contributed by atoms with E-state index in [1.54, 1.807) is 12.1 Å². The zero-order chi connectivity index (χ0) is 18.2. The van der Waals surface area contributed by atoms with Crippen LogP contribution in [0.2, 0.25) is 0 Å². The third-order valence-corrected chi connectivity index (χ3v) is 4.65. The molecule has 0 bridgehead atoms. The molecule has 1 saturated heterocycles. The van der Waals surface area contributed by atoms with Crippen molar-refractivity contribution in [2.75, 3.05) is 31.5 Å². The van der Waals surface area contributed by atoms with Gasteiger partial charge in [0.2, 0.25) is 0 Å². The molecule has 1 aromatic carbocycles. The first-order chi connectivity index (χ1) is 11.9. The maximum Gasteiger partial charge on any atom is 0.313 e. The van der Waals surface area contributed by atoms with E-state index in [-0.39, 0.29) is 0 Å². The van der Waals surface area contributed by atoms with Crippen molar-refractivity contribution in [2.45, 2.75) is 40.0 Å². The Kier molecular flexibility index (Phi) is 7.44. The second kappa shape index (κ2) is 9.56. The number of amides is 2. The number of aryl methyl sites for hydroxylation is 1. The molecule has 2 unspecified atom stereocenters. The average Bonchev–Trinajstić information content (AvgIpc) is 2.55. The molecule has 0 spiro atoms. The fourth-order valence-electron chi connectivity index (χ4n) is 3.54. The van der Waals surface area contributed by atoms with Crippen molar-refractivity contribution in [3.8, 4) is 0 Å². The van der Waals surface area contributed by atoms with Gasteiger partial charge in [0, 0.05) is 25.3 Å². The summed E-state index contributed by atoms with van der Waals surface area (Å²) in [6.07, 6.45) is 3.25. The summed E-state index contributed by atoms with van der Waals surface area (Å²) in [6, 6.07) is 7.38. The minimum Gasteiger partial charge on any atom is -0.348 e. The first kappa shape index (κ1) is 19.4. The normalized spacial score (nSPS) is 20.9. The molecule has 2 rings (SSSR count). The molecule has 25 heavy (non-hydrogen) atoms. The van der Waals surface area contributed by atoms with Crippen LogP contribution in [0.1, 0.15) is 38.7 Å². The number of hydrogen-bond acceptors (Lipinski definition) is 3. The van der Waals surface area contributed by atoms with E-state index in [1.807, 2.05) is 19.1 Å². The molecule has 0 aromatic heterocycles. The van der Waals surface area contributed by atoms with E-state index in [9.17, 15) is 9.59 Å². The van der Waals surface area contributed by atoms with Crippen LogP contribution in [-0.4, -0.2) is 42.9 Å². The summed E-state index contributed by atoms with van der Waals surface area (Å²) in [5.41, 5.74) is 1.75. The molecule has 2 atom stereocenters. The van der Waals surface area contributed by atoms with Crippen molar-refractivity contribution < 1.29 is 9.59 Å². The molecule has 5 heteroatoms. The third kappa shape index (κ3) is 6.86. The molecule has 5 nitrogen and oxygen atoms in total. The van der Waals surface area contributed by atoms with Gasteiger partial charge < -0.3 is 15.5 Å². The number of carbonyl (C=O) groups excluding carboxylic acids is 2. The lowest BCUT2D eigenvalue weighted by atomic mass is 9.92. The van der Waals surface area contributed by atoms with Crippen LogP contribution in [0.4, 0.5) is 5.69 Å². The lowest BCUT2D eigenvalue weighted by Gasteiger charge is -2.34. The van der Waals surface area contributed by atoms with Gasteiger partial charge in [0.05, 0.1) is 0 Å². The molecule has 1 heterocycles. The number of piperidine rings is 1. The molecule has 138 valence electrons. The molecule has 2 amide bonds. The van der Waals surface area contributed by atoms with E-state index in [1.165, 1.54) is 19.5 Å². The Balaban J connectivity index is 1.60. The number of unbranched alkanes of at least 4 members (excludes halogenated alkanes) is 1. The fraction of sp³-hybridized carbons (Fsp3) is 0.600. The number of rotatable bonds is 6. The van der Waals surface area contributed by atoms with Crippen molar-refractivity contribution in [2.24, 2.45) is 11.8 Å². The van der Waals surface area contributed by atoms with Crippen molar-refractivity contribution in [3.63, 3.8) is 0 Å². The first-order valence-corrected chi connectivity index (χ1v) is 9.32. The Morgan fingerprint density at radius 3 is 2.32 bits per heavy atom. The van der Waals surface area contributed by atoms with E-state index in [0.29, 0.717) is 12.2 Å². The van der Waals surface area contributed by atoms with Crippen LogP contribution in [0, 0.1) is 18.8 Å². The van der Waals surface area contributed by atoms with Crippen molar-refractivity contribution >= 4 is 17.5 Å². The van der Waals surface area contributed by atoms with Crippen LogP contribution >= 0.6 is 0 Å². The number of carbonyl (C=O) groups is 2. The predicted molar refractivity (Wildman–Crippen MR) is 101 cm³/mol. The number of hydrogen-bond donors (Lipinski definition) is 2. The molecule has 1 aromatic rings. The van der Waals surface area contributed by atoms with E-state index in [0.717, 1.165) is 36.8 Å². The summed E-state index contributed by atoms with van der Waals surface area (Å²) in [7, 11) is 0. The van der Waals surface area contributed by atoms with Gasteiger partial charge in [-0.1, -0.05) is 31.5 Å². The van der Waals surface area contributed by atoms with Crippen molar-refractivity contribution in [3.05, 3.63) is 29.8 Å². The highest BCUT2D eigenvalue weighted by atomic mass is 16.2. The summed E-state index contributed by atoms with van der Waals surface area (Å²) in [4.78, 5) is 26.2. The summed E-state index contributed by atoms with van der Waals surface area (Å²) in [5, 5.41) is 5.31. The van der Waals surface area contributed by atoms with Crippen LogP contribution < -0.4 is 10.6 Å². The van der Waals surface area contributed by atoms with Gasteiger partial charge in [-0.25, -0.2) is 0 Å². The van der Waals surface area contributed by atoms with Crippen LogP contribution in [0.15, 0.2) is 24.3 Å². The number of anilines is 1. The van der Waals surface area contributed by atoms with Gasteiger partial charge in [-0.15, -0.1) is 0 Å². The van der Waals surface area contributed by atoms with E-state index in [2.05, 4.69) is 29.4 Å². The maximum atomic E-state index is 11.8. The molecule has 0 saturated carbocycles. The topological polar surface area (TPSA) is 61.4 Å². The summed E-state index contributed by atoms with van der Waals surface area (Å²) < 4.78 is 0. The van der Waals surface area contributed by atoms with Gasteiger partial charge in [0.25, 0.3) is 0 Å². The molecule has 1 fully saturated rings. The number of nitrogens with zero attached hydrogens (tertiary/aromatic N) is 1. The van der Waals surface area contributed by atoms with E-state index in [4.69, 9.17) is 0 Å². The Morgan fingerprint density at radius 2 is 1.68 bits per heavy atom. The Morgan fingerprint density at radius 1 is 1.04 bits per heavy atom. The Hall–Kier alpha value is -1.88. The SMILES string of the molecule is Cc1ccc(NC(=O)C(=O)NCCCCN2CC(C)CC(C)C2)cc1. The predicted octanol–water partition coefficient (Wildman–Crippen LogP) is 2.81. The highest BCUT2D eigenvalue weighted by Gasteiger charge is 2.21. The quantitative estimate of drug-likeness (QED) is 0.616. The van der Waals surface area contributed by atoms with Crippen LogP contribution in [0.3, 0.4) is 0 Å². The van der Waals surface area contributed by atoms with E-state index >= 15 is 0 Å². The van der Waals surface area contributed by atoms with Gasteiger partial charge in [-0.05, 0) is 56.7 Å². The molecule has 1 aliphatic rings. The molecule has 0 radical (unpaired) electrons. The van der Waals surface area contributed by atoms with Gasteiger partial charge in [0.1, 0.15) is 0 Å². The number of nitrogens with one attached hydrogen (secondary N) is 2. The molecular formula is C20H31N3O2. The molecule has 2 N–H and O–H groups in total. The fourth-order valence-corrected chi connectivity index (χ4v) is 3.54. The number of benzene rings is 1. The van der Waals surface area contributed by atoms with Crippen molar-refractivity contribution in [1.29, 1.82) is 0 Å². The summed E-state index contributed by atoms with van der Waals surface area (Å²) in [5.74, 6) is 0.367. The zero-order valence-electron chi connectivity index (χ0n) is 15.7. The summed E-state index contributed by atoms with van der Waals surface area (Å²) in [6.45, 7) is 10.6. The largest absolute Gasteiger partial charge is 0.348 e. The van der Waals surface area contributed by atoms with Gasteiger partial charge >= 0.3 is 11.8 Å². The second-order valence-electron chi connectivity index (χ2n) is 7.49. The van der Waals surface area contributed by atoms with Crippen molar-refractivity contribution in [1.82, 2.24) is 10.2 Å². The van der Waals surface area contributed by atoms with Gasteiger partial charge in [-0.3, -0.25) is 9.59 Å². The van der Waals surface area contributed by atoms with Crippen LogP contribution in [-0.2, 0) is 9.59 Å². The minimum absolute atomic E-state index is 0.541. The van der Waals surface area contributed by atoms with Crippen LogP contribution in [0.5, 0.6) is 0 Å². The van der Waals surface area contributed by atoms with E-state index < -0.39 is 11.8 Å². The standard InChI is InChI=1S/C20H31N3O2/c1-15-6-8-18(9-7-15)22-20(25)19(24)21-10-4-5-11-23-13-16(2)12-17(3)14-23/h6-9,16-17H,4-5,10-14H2,1-3H3,(H,21,24)(H,22,25). The lowest BCUT2D eigenvalue weighted by Crippen LogP contribution is -2.39. The molecule has 0 aliphatic carbocycles. The third-order valence-electron chi connectivity index (χ3n) is 4.65. The second-order valence-corrected chi connectivity index (χ2v) is 7.49. The highest BCUT2D eigenvalue weighted by Crippen LogP contribution is 2.20. The Labute approximate surface area is 151 Å². The Bertz CT molecular complexity index is 561. The maximum absolute atomic E-state index is 11.8. The van der Waals surface area contributed by atoms with Gasteiger partial charge in [0.15, 0.2) is 0 Å². The zero-order valence-corrected chi connectivity index (χ0v) is 15.7. The lowest BCUT2D eigenvalue weighted by molar-refractivity contribution is -0.136. The smallest absolute Gasteiger partial charge is 0.313 e. The minimum atomic E-state index is -0.609. The number of likely N-dealkylation sites (tertiary alicyclic amines) is 1. The molecular weight excluding hydrogens is 314 g/mol. The van der Waals surface area contributed by atoms with Crippen LogP contribution in [0.25, 0.3) is 0 Å². The van der Waals surface area contributed by atoms with Gasteiger partial charge in [-0.2, -0.15) is 0 Å². The first-order valence-electron chi connectivity index (χ1n) is 9.32.